The van der Waals surface area contributed by atoms with Crippen LogP contribution in [0.2, 0.25) is 0 Å². The highest BCUT2D eigenvalue weighted by molar-refractivity contribution is 5.53. The highest BCUT2D eigenvalue weighted by Gasteiger charge is 2.20. The number of rotatable bonds is 6. The molecule has 1 aromatic rings. The van der Waals surface area contributed by atoms with E-state index in [-0.39, 0.29) is 0 Å². The molecule has 0 saturated heterocycles. The smallest absolute Gasteiger partial charge is 0.123 e. The van der Waals surface area contributed by atoms with E-state index in [1.807, 2.05) is 18.2 Å². The van der Waals surface area contributed by atoms with Crippen molar-refractivity contribution in [2.24, 2.45) is 11.8 Å². The first kappa shape index (κ1) is 13.3. The van der Waals surface area contributed by atoms with E-state index in [9.17, 15) is 4.79 Å². The van der Waals surface area contributed by atoms with Gasteiger partial charge in [0.2, 0.25) is 0 Å². The minimum atomic E-state index is 0.325. The van der Waals surface area contributed by atoms with Crippen LogP contribution in [0, 0.1) is 11.8 Å². The lowest BCUT2D eigenvalue weighted by molar-refractivity contribution is -0.112. The van der Waals surface area contributed by atoms with E-state index in [2.05, 4.69) is 12.1 Å². The van der Waals surface area contributed by atoms with Gasteiger partial charge in [-0.3, -0.25) is 0 Å². The molecule has 0 bridgehead atoms. The molecule has 1 aromatic carbocycles. The summed E-state index contributed by atoms with van der Waals surface area (Å²) in [6, 6.07) is 10.3. The molecule has 0 heterocycles. The van der Waals surface area contributed by atoms with Crippen molar-refractivity contribution >= 4 is 6.29 Å². The molecular formula is C16H22O2. The fraction of sp³-hybridized carbons (Fsp3) is 0.562. The highest BCUT2D eigenvalue weighted by atomic mass is 16.5. The van der Waals surface area contributed by atoms with Crippen LogP contribution in [0.4, 0.5) is 0 Å². The first-order valence-electron chi connectivity index (χ1n) is 6.95. The summed E-state index contributed by atoms with van der Waals surface area (Å²) in [6.45, 7) is 1.55. The van der Waals surface area contributed by atoms with Crippen LogP contribution < -0.4 is 0 Å². The molecule has 1 fully saturated rings. The fourth-order valence-electron chi connectivity index (χ4n) is 2.63. The molecule has 18 heavy (non-hydrogen) atoms. The van der Waals surface area contributed by atoms with Crippen LogP contribution in [0.3, 0.4) is 0 Å². The number of carbonyl (C=O) groups is 1. The second-order valence-electron chi connectivity index (χ2n) is 5.24. The minimum absolute atomic E-state index is 0.325. The zero-order chi connectivity index (χ0) is 12.6. The Balaban J connectivity index is 1.58. The van der Waals surface area contributed by atoms with Crippen molar-refractivity contribution in [2.75, 3.05) is 6.61 Å². The van der Waals surface area contributed by atoms with Crippen LogP contribution in [-0.4, -0.2) is 12.9 Å². The molecule has 1 aliphatic carbocycles. The summed E-state index contributed by atoms with van der Waals surface area (Å²) in [7, 11) is 0. The van der Waals surface area contributed by atoms with E-state index in [0.717, 1.165) is 38.1 Å². The monoisotopic (exact) mass is 246 g/mol. The standard InChI is InChI=1S/C16H22O2/c17-12-15-8-6-14(7-9-15)10-11-18-13-16-4-2-1-3-5-16/h1-5,12,14-15H,6-11,13H2/t14-,15-. The predicted octanol–water partition coefficient (Wildman–Crippen LogP) is 3.60. The molecule has 2 heteroatoms. The lowest BCUT2D eigenvalue weighted by Gasteiger charge is -2.25. The summed E-state index contributed by atoms with van der Waals surface area (Å²) in [5, 5.41) is 0. The van der Waals surface area contributed by atoms with Crippen molar-refractivity contribution < 1.29 is 9.53 Å². The van der Waals surface area contributed by atoms with Gasteiger partial charge in [-0.05, 0) is 43.6 Å². The summed E-state index contributed by atoms with van der Waals surface area (Å²) in [5.41, 5.74) is 1.24. The molecule has 0 radical (unpaired) electrons. The van der Waals surface area contributed by atoms with E-state index in [1.54, 1.807) is 0 Å². The molecule has 0 aliphatic heterocycles. The highest BCUT2D eigenvalue weighted by Crippen LogP contribution is 2.29. The lowest BCUT2D eigenvalue weighted by Crippen LogP contribution is -2.16. The van der Waals surface area contributed by atoms with Crippen LogP contribution in [-0.2, 0) is 16.1 Å². The third-order valence-corrected chi connectivity index (χ3v) is 3.87. The average Bonchev–Trinajstić information content (AvgIpc) is 2.45. The Morgan fingerprint density at radius 3 is 2.50 bits per heavy atom. The second-order valence-corrected chi connectivity index (χ2v) is 5.24. The lowest BCUT2D eigenvalue weighted by atomic mass is 9.81. The number of hydrogen-bond acceptors (Lipinski definition) is 2. The molecule has 0 N–H and O–H groups in total. The van der Waals surface area contributed by atoms with Crippen molar-refractivity contribution in [3.63, 3.8) is 0 Å². The van der Waals surface area contributed by atoms with Gasteiger partial charge in [-0.2, -0.15) is 0 Å². The zero-order valence-corrected chi connectivity index (χ0v) is 10.9. The van der Waals surface area contributed by atoms with E-state index in [0.29, 0.717) is 12.5 Å². The number of carbonyl (C=O) groups excluding carboxylic acids is 1. The Kier molecular flexibility index (Phi) is 5.40. The third kappa shape index (κ3) is 4.26. The Morgan fingerprint density at radius 2 is 1.83 bits per heavy atom. The molecule has 2 rings (SSSR count). The second kappa shape index (κ2) is 7.32. The van der Waals surface area contributed by atoms with Gasteiger partial charge in [0, 0.05) is 12.5 Å². The Labute approximate surface area is 109 Å². The SMILES string of the molecule is O=C[C@H]1CC[C@H](CCOCc2ccccc2)CC1. The van der Waals surface area contributed by atoms with Gasteiger partial charge < -0.3 is 9.53 Å². The normalized spacial score (nSPS) is 23.8. The van der Waals surface area contributed by atoms with Crippen LogP contribution >= 0.6 is 0 Å². The molecule has 0 amide bonds. The molecule has 1 saturated carbocycles. The van der Waals surface area contributed by atoms with Gasteiger partial charge in [0.1, 0.15) is 6.29 Å². The molecule has 0 unspecified atom stereocenters. The topological polar surface area (TPSA) is 26.3 Å². The van der Waals surface area contributed by atoms with E-state index in [4.69, 9.17) is 4.74 Å². The summed E-state index contributed by atoms with van der Waals surface area (Å²) in [6.07, 6.45) is 6.80. The first-order valence-corrected chi connectivity index (χ1v) is 6.95. The quantitative estimate of drug-likeness (QED) is 0.566. The molecule has 0 aromatic heterocycles. The van der Waals surface area contributed by atoms with E-state index >= 15 is 0 Å². The Bertz CT molecular complexity index is 339. The molecule has 98 valence electrons. The molecular weight excluding hydrogens is 224 g/mol. The van der Waals surface area contributed by atoms with Crippen LogP contribution in [0.1, 0.15) is 37.7 Å². The van der Waals surface area contributed by atoms with Crippen molar-refractivity contribution in [1.29, 1.82) is 0 Å². The minimum Gasteiger partial charge on any atom is -0.377 e. The maximum absolute atomic E-state index is 10.7. The van der Waals surface area contributed by atoms with Gasteiger partial charge in [0.15, 0.2) is 0 Å². The zero-order valence-electron chi connectivity index (χ0n) is 10.9. The van der Waals surface area contributed by atoms with Gasteiger partial charge in [0.25, 0.3) is 0 Å². The van der Waals surface area contributed by atoms with Crippen LogP contribution in [0.25, 0.3) is 0 Å². The Morgan fingerprint density at radius 1 is 1.11 bits per heavy atom. The van der Waals surface area contributed by atoms with Crippen LogP contribution in [0.15, 0.2) is 30.3 Å². The van der Waals surface area contributed by atoms with E-state index < -0.39 is 0 Å². The predicted molar refractivity (Wildman–Crippen MR) is 72.2 cm³/mol. The summed E-state index contributed by atoms with van der Waals surface area (Å²) in [4.78, 5) is 10.7. The maximum atomic E-state index is 10.7. The van der Waals surface area contributed by atoms with Gasteiger partial charge in [0.05, 0.1) is 6.61 Å². The number of hydrogen-bond donors (Lipinski definition) is 0. The third-order valence-electron chi connectivity index (χ3n) is 3.87. The molecule has 2 nitrogen and oxygen atoms in total. The van der Waals surface area contributed by atoms with Crippen LogP contribution in [0.5, 0.6) is 0 Å². The van der Waals surface area contributed by atoms with Gasteiger partial charge in [-0.15, -0.1) is 0 Å². The number of ether oxygens (including phenoxy) is 1. The summed E-state index contributed by atoms with van der Waals surface area (Å²) >= 11 is 0. The van der Waals surface area contributed by atoms with Crippen molar-refractivity contribution in [3.05, 3.63) is 35.9 Å². The van der Waals surface area contributed by atoms with Crippen molar-refractivity contribution in [1.82, 2.24) is 0 Å². The van der Waals surface area contributed by atoms with Gasteiger partial charge in [-0.1, -0.05) is 30.3 Å². The summed E-state index contributed by atoms with van der Waals surface area (Å²) in [5.74, 6) is 1.09. The van der Waals surface area contributed by atoms with Crippen molar-refractivity contribution in [2.45, 2.75) is 38.7 Å². The maximum Gasteiger partial charge on any atom is 0.123 e. The van der Waals surface area contributed by atoms with Gasteiger partial charge >= 0.3 is 0 Å². The van der Waals surface area contributed by atoms with Gasteiger partial charge in [-0.25, -0.2) is 0 Å². The average molecular weight is 246 g/mol. The van der Waals surface area contributed by atoms with E-state index in [1.165, 1.54) is 18.4 Å². The number of benzene rings is 1. The van der Waals surface area contributed by atoms with Crippen molar-refractivity contribution in [3.8, 4) is 0 Å². The fourth-order valence-corrected chi connectivity index (χ4v) is 2.63. The molecule has 0 atom stereocenters. The summed E-state index contributed by atoms with van der Waals surface area (Å²) < 4.78 is 5.71. The largest absolute Gasteiger partial charge is 0.377 e. The Hall–Kier alpha value is -1.15. The molecule has 0 spiro atoms. The number of aldehydes is 1. The molecule has 1 aliphatic rings. The first-order chi connectivity index (χ1) is 8.88.